The van der Waals surface area contributed by atoms with Gasteiger partial charge in [0, 0.05) is 13.5 Å². The van der Waals surface area contributed by atoms with Crippen molar-refractivity contribution in [1.82, 2.24) is 9.55 Å². The molecule has 0 saturated carbocycles. The van der Waals surface area contributed by atoms with Gasteiger partial charge in [0.05, 0.1) is 10.9 Å². The minimum atomic E-state index is 0.0422. The third-order valence-electron chi connectivity index (χ3n) is 2.64. The van der Waals surface area contributed by atoms with Crippen molar-refractivity contribution in [1.29, 1.82) is 0 Å². The number of aryl methyl sites for hydroxylation is 2. The van der Waals surface area contributed by atoms with Crippen LogP contribution >= 0.6 is 0 Å². The predicted octanol–water partition coefficient (Wildman–Crippen LogP) is 1.80. The average Bonchev–Trinajstić information content (AvgIpc) is 2.24. The van der Waals surface area contributed by atoms with E-state index in [2.05, 4.69) is 4.98 Å². The molecule has 0 spiro atoms. The lowest BCUT2D eigenvalue weighted by molar-refractivity contribution is 0.752. The van der Waals surface area contributed by atoms with E-state index in [1.165, 1.54) is 0 Å². The van der Waals surface area contributed by atoms with Crippen molar-refractivity contribution in [2.45, 2.75) is 20.3 Å². The van der Waals surface area contributed by atoms with Crippen LogP contribution in [0.25, 0.3) is 10.9 Å². The lowest BCUT2D eigenvalue weighted by Crippen LogP contribution is -2.22. The van der Waals surface area contributed by atoms with Crippen molar-refractivity contribution in [2.24, 2.45) is 7.05 Å². The fourth-order valence-corrected chi connectivity index (χ4v) is 1.75. The molecule has 15 heavy (non-hydrogen) atoms. The average molecular weight is 202 g/mol. The van der Waals surface area contributed by atoms with Gasteiger partial charge in [-0.2, -0.15) is 0 Å². The predicted molar refractivity (Wildman–Crippen MR) is 61.1 cm³/mol. The van der Waals surface area contributed by atoms with Crippen molar-refractivity contribution >= 4 is 10.9 Å². The molecule has 1 heterocycles. The van der Waals surface area contributed by atoms with E-state index in [4.69, 9.17) is 0 Å². The molecular formula is C12H14N2O. The van der Waals surface area contributed by atoms with Gasteiger partial charge in [-0.15, -0.1) is 0 Å². The summed E-state index contributed by atoms with van der Waals surface area (Å²) in [6.45, 7) is 3.98. The number of fused-ring (bicyclic) bond motifs is 1. The van der Waals surface area contributed by atoms with Crippen molar-refractivity contribution in [3.63, 3.8) is 0 Å². The Bertz CT molecular complexity index is 570. The molecule has 0 amide bonds. The quantitative estimate of drug-likeness (QED) is 0.706. The molecule has 78 valence electrons. The molecule has 0 radical (unpaired) electrons. The van der Waals surface area contributed by atoms with Gasteiger partial charge in [0.15, 0.2) is 0 Å². The van der Waals surface area contributed by atoms with Crippen LogP contribution in [-0.2, 0) is 13.5 Å². The molecule has 2 rings (SSSR count). The molecule has 1 aromatic heterocycles. The zero-order valence-electron chi connectivity index (χ0n) is 9.24. The van der Waals surface area contributed by atoms with E-state index in [0.29, 0.717) is 5.39 Å². The number of hydrogen-bond donors (Lipinski definition) is 0. The number of nitrogens with zero attached hydrogens (tertiary/aromatic N) is 2. The second-order valence-corrected chi connectivity index (χ2v) is 3.77. The van der Waals surface area contributed by atoms with E-state index in [-0.39, 0.29) is 5.56 Å². The Morgan fingerprint density at radius 3 is 2.80 bits per heavy atom. The molecule has 3 heteroatoms. The first-order chi connectivity index (χ1) is 7.13. The maximum absolute atomic E-state index is 12.0. The minimum Gasteiger partial charge on any atom is -0.299 e. The van der Waals surface area contributed by atoms with Gasteiger partial charge in [0.2, 0.25) is 0 Å². The molecule has 0 unspecified atom stereocenters. The second kappa shape index (κ2) is 3.50. The Hall–Kier alpha value is -1.64. The van der Waals surface area contributed by atoms with Gasteiger partial charge in [-0.1, -0.05) is 18.6 Å². The summed E-state index contributed by atoms with van der Waals surface area (Å²) in [4.78, 5) is 16.4. The smallest absolute Gasteiger partial charge is 0.261 e. The lowest BCUT2D eigenvalue weighted by atomic mass is 10.1. The number of benzene rings is 1. The molecule has 0 saturated heterocycles. The van der Waals surface area contributed by atoms with Crippen LogP contribution in [0.3, 0.4) is 0 Å². The van der Waals surface area contributed by atoms with Crippen molar-refractivity contribution in [3.8, 4) is 0 Å². The van der Waals surface area contributed by atoms with Crippen LogP contribution in [0.2, 0.25) is 0 Å². The third kappa shape index (κ3) is 1.54. The highest BCUT2D eigenvalue weighted by Gasteiger charge is 2.06. The lowest BCUT2D eigenvalue weighted by Gasteiger charge is -2.07. The maximum Gasteiger partial charge on any atom is 0.261 e. The molecule has 0 aliphatic heterocycles. The maximum atomic E-state index is 12.0. The highest BCUT2D eigenvalue weighted by Crippen LogP contribution is 2.10. The van der Waals surface area contributed by atoms with Crippen LogP contribution in [0, 0.1) is 6.92 Å². The first kappa shape index (κ1) is 9.90. The van der Waals surface area contributed by atoms with Crippen molar-refractivity contribution in [3.05, 3.63) is 39.9 Å². The van der Waals surface area contributed by atoms with E-state index < -0.39 is 0 Å². The van der Waals surface area contributed by atoms with E-state index in [1.54, 1.807) is 11.6 Å². The first-order valence-electron chi connectivity index (χ1n) is 5.09. The van der Waals surface area contributed by atoms with Crippen molar-refractivity contribution in [2.75, 3.05) is 0 Å². The summed E-state index contributed by atoms with van der Waals surface area (Å²) in [6, 6.07) is 5.78. The molecule has 0 aliphatic rings. The Balaban J connectivity index is 2.91. The fraction of sp³-hybridized carbons (Fsp3) is 0.333. The van der Waals surface area contributed by atoms with Crippen LogP contribution in [-0.4, -0.2) is 9.55 Å². The zero-order valence-corrected chi connectivity index (χ0v) is 9.24. The van der Waals surface area contributed by atoms with Gasteiger partial charge in [-0.05, 0) is 19.1 Å². The highest BCUT2D eigenvalue weighted by molar-refractivity contribution is 5.78. The van der Waals surface area contributed by atoms with E-state index in [1.807, 2.05) is 32.0 Å². The van der Waals surface area contributed by atoms with Crippen LogP contribution in [0.4, 0.5) is 0 Å². The van der Waals surface area contributed by atoms with Gasteiger partial charge >= 0.3 is 0 Å². The van der Waals surface area contributed by atoms with E-state index in [9.17, 15) is 4.79 Å². The van der Waals surface area contributed by atoms with E-state index >= 15 is 0 Å². The molecule has 0 fully saturated rings. The molecule has 3 nitrogen and oxygen atoms in total. The molecule has 2 aromatic rings. The Labute approximate surface area is 88.4 Å². The Morgan fingerprint density at radius 1 is 1.40 bits per heavy atom. The van der Waals surface area contributed by atoms with Crippen LogP contribution in [0.15, 0.2) is 23.0 Å². The van der Waals surface area contributed by atoms with Gasteiger partial charge in [-0.3, -0.25) is 9.36 Å². The summed E-state index contributed by atoms with van der Waals surface area (Å²) >= 11 is 0. The van der Waals surface area contributed by atoms with Crippen LogP contribution < -0.4 is 5.56 Å². The molecule has 0 aliphatic carbocycles. The Morgan fingerprint density at radius 2 is 2.13 bits per heavy atom. The SMILES string of the molecule is CCc1nc2ccc(C)cc2c(=O)n1C. The van der Waals surface area contributed by atoms with Gasteiger partial charge in [-0.25, -0.2) is 4.98 Å². The number of rotatable bonds is 1. The summed E-state index contributed by atoms with van der Waals surface area (Å²) < 4.78 is 1.63. The van der Waals surface area contributed by atoms with Crippen LogP contribution in [0.5, 0.6) is 0 Å². The summed E-state index contributed by atoms with van der Waals surface area (Å²) in [5, 5.41) is 0.703. The fourth-order valence-electron chi connectivity index (χ4n) is 1.75. The molecule has 0 atom stereocenters. The summed E-state index contributed by atoms with van der Waals surface area (Å²) in [5.74, 6) is 0.830. The molecule has 0 bridgehead atoms. The molecule has 1 aromatic carbocycles. The standard InChI is InChI=1S/C12H14N2O/c1-4-11-13-10-6-5-8(2)7-9(10)12(15)14(11)3/h5-7H,4H2,1-3H3. The van der Waals surface area contributed by atoms with Crippen molar-refractivity contribution < 1.29 is 0 Å². The second-order valence-electron chi connectivity index (χ2n) is 3.77. The number of aromatic nitrogens is 2. The van der Waals surface area contributed by atoms with Gasteiger partial charge < -0.3 is 0 Å². The number of hydrogen-bond acceptors (Lipinski definition) is 2. The summed E-state index contributed by atoms with van der Waals surface area (Å²) in [6.07, 6.45) is 0.773. The largest absolute Gasteiger partial charge is 0.299 e. The van der Waals surface area contributed by atoms with Crippen LogP contribution in [0.1, 0.15) is 18.3 Å². The third-order valence-corrected chi connectivity index (χ3v) is 2.64. The normalized spacial score (nSPS) is 10.9. The molecular weight excluding hydrogens is 188 g/mol. The first-order valence-corrected chi connectivity index (χ1v) is 5.09. The summed E-state index contributed by atoms with van der Waals surface area (Å²) in [5.41, 5.74) is 1.92. The minimum absolute atomic E-state index is 0.0422. The summed E-state index contributed by atoms with van der Waals surface area (Å²) in [7, 11) is 1.77. The zero-order chi connectivity index (χ0) is 11.0. The molecule has 0 N–H and O–H groups in total. The topological polar surface area (TPSA) is 34.9 Å². The van der Waals surface area contributed by atoms with Gasteiger partial charge in [0.1, 0.15) is 5.82 Å². The highest BCUT2D eigenvalue weighted by atomic mass is 16.1. The van der Waals surface area contributed by atoms with E-state index in [0.717, 1.165) is 23.3 Å². The van der Waals surface area contributed by atoms with Gasteiger partial charge in [0.25, 0.3) is 5.56 Å². The monoisotopic (exact) mass is 202 g/mol. The Kier molecular flexibility index (Phi) is 2.31.